The first-order valence-corrected chi connectivity index (χ1v) is 12.9. The highest BCUT2D eigenvalue weighted by atomic mass is 19.1. The van der Waals surface area contributed by atoms with E-state index in [9.17, 15) is 19.2 Å². The SMILES string of the molecule is CC(C)n1c(=O)n(CC2CC2)c(=O)c2cc(NC(=O)[C@H]3COC[C@H]3NC(=O)c3ccc(C#N)cc3)c(F)cc21. The third-order valence-corrected chi connectivity index (χ3v) is 7.18. The molecule has 2 N–H and O–H groups in total. The highest BCUT2D eigenvalue weighted by Gasteiger charge is 2.36. The lowest BCUT2D eigenvalue weighted by atomic mass is 10.0. The maximum absolute atomic E-state index is 15.2. The largest absolute Gasteiger partial charge is 0.378 e. The number of fused-ring (bicyclic) bond motifs is 1. The minimum Gasteiger partial charge on any atom is -0.378 e. The van der Waals surface area contributed by atoms with Crippen LogP contribution in [-0.2, 0) is 16.1 Å². The van der Waals surface area contributed by atoms with Crippen LogP contribution in [-0.4, -0.2) is 40.2 Å². The molecule has 0 radical (unpaired) electrons. The summed E-state index contributed by atoms with van der Waals surface area (Å²) in [5.41, 5.74) is -0.296. The zero-order chi connectivity index (χ0) is 27.8. The molecular formula is C28H28FN5O5. The predicted molar refractivity (Wildman–Crippen MR) is 141 cm³/mol. The number of rotatable bonds is 7. The van der Waals surface area contributed by atoms with E-state index in [2.05, 4.69) is 10.6 Å². The number of amides is 2. The lowest BCUT2D eigenvalue weighted by Gasteiger charge is -2.20. The van der Waals surface area contributed by atoms with E-state index in [1.165, 1.54) is 39.5 Å². The summed E-state index contributed by atoms with van der Waals surface area (Å²) in [6, 6.07) is 9.43. The molecule has 1 aliphatic heterocycles. The second kappa shape index (κ2) is 10.5. The van der Waals surface area contributed by atoms with Gasteiger partial charge in [-0.05, 0) is 62.9 Å². The smallest absolute Gasteiger partial charge is 0.331 e. The second-order valence-corrected chi connectivity index (χ2v) is 10.4. The maximum Gasteiger partial charge on any atom is 0.331 e. The summed E-state index contributed by atoms with van der Waals surface area (Å²) in [6.45, 7) is 3.98. The van der Waals surface area contributed by atoms with Crippen LogP contribution in [0.2, 0.25) is 0 Å². The molecule has 5 rings (SSSR count). The average Bonchev–Trinajstić information content (AvgIpc) is 3.62. The number of hydrogen-bond acceptors (Lipinski definition) is 6. The van der Waals surface area contributed by atoms with E-state index in [0.717, 1.165) is 18.9 Å². The molecule has 2 aromatic carbocycles. The summed E-state index contributed by atoms with van der Waals surface area (Å²) < 4.78 is 23.2. The molecule has 2 fully saturated rings. The zero-order valence-corrected chi connectivity index (χ0v) is 21.6. The van der Waals surface area contributed by atoms with Crippen molar-refractivity contribution >= 4 is 28.4 Å². The van der Waals surface area contributed by atoms with Crippen LogP contribution in [0.4, 0.5) is 10.1 Å². The molecule has 202 valence electrons. The first kappa shape index (κ1) is 26.3. The van der Waals surface area contributed by atoms with Crippen molar-refractivity contribution in [2.24, 2.45) is 11.8 Å². The Morgan fingerprint density at radius 1 is 1.15 bits per heavy atom. The topological polar surface area (TPSA) is 135 Å². The molecule has 1 aliphatic carbocycles. The van der Waals surface area contributed by atoms with Gasteiger partial charge < -0.3 is 15.4 Å². The molecule has 2 aliphatic rings. The zero-order valence-electron chi connectivity index (χ0n) is 21.6. The van der Waals surface area contributed by atoms with E-state index in [4.69, 9.17) is 10.00 Å². The summed E-state index contributed by atoms with van der Waals surface area (Å²) in [5, 5.41) is 14.4. The van der Waals surface area contributed by atoms with Crippen molar-refractivity contribution in [2.45, 2.75) is 45.3 Å². The second-order valence-electron chi connectivity index (χ2n) is 10.4. The maximum atomic E-state index is 15.2. The molecule has 39 heavy (non-hydrogen) atoms. The number of halogens is 1. The van der Waals surface area contributed by atoms with Gasteiger partial charge in [-0.25, -0.2) is 9.18 Å². The van der Waals surface area contributed by atoms with Gasteiger partial charge in [0.1, 0.15) is 5.82 Å². The number of hydrogen-bond donors (Lipinski definition) is 2. The van der Waals surface area contributed by atoms with Crippen LogP contribution < -0.4 is 21.9 Å². The number of nitriles is 1. The van der Waals surface area contributed by atoms with E-state index < -0.39 is 40.8 Å². The fourth-order valence-corrected chi connectivity index (χ4v) is 4.84. The Balaban J connectivity index is 1.40. The number of carbonyl (C=O) groups excluding carboxylic acids is 2. The monoisotopic (exact) mass is 533 g/mol. The van der Waals surface area contributed by atoms with Crippen molar-refractivity contribution < 1.29 is 18.7 Å². The summed E-state index contributed by atoms with van der Waals surface area (Å²) in [5.74, 6) is -2.34. The molecule has 10 nitrogen and oxygen atoms in total. The Kier molecular flexibility index (Phi) is 7.06. The molecule has 3 aromatic rings. The molecule has 1 saturated carbocycles. The fraction of sp³-hybridized carbons (Fsp3) is 0.393. The van der Waals surface area contributed by atoms with Crippen molar-refractivity contribution in [1.29, 1.82) is 5.26 Å². The number of ether oxygens (including phenoxy) is 1. The molecule has 1 aromatic heterocycles. The van der Waals surface area contributed by atoms with E-state index in [1.807, 2.05) is 6.07 Å². The van der Waals surface area contributed by atoms with Gasteiger partial charge in [0, 0.05) is 24.2 Å². The van der Waals surface area contributed by atoms with Crippen LogP contribution in [0.3, 0.4) is 0 Å². The fourth-order valence-electron chi connectivity index (χ4n) is 4.84. The van der Waals surface area contributed by atoms with Crippen molar-refractivity contribution in [3.8, 4) is 6.07 Å². The van der Waals surface area contributed by atoms with Crippen molar-refractivity contribution in [2.75, 3.05) is 18.5 Å². The Labute approximate surface area is 223 Å². The van der Waals surface area contributed by atoms with Crippen LogP contribution in [0.1, 0.15) is 48.7 Å². The quantitative estimate of drug-likeness (QED) is 0.479. The Morgan fingerprint density at radius 2 is 1.87 bits per heavy atom. The molecule has 2 heterocycles. The molecule has 0 bridgehead atoms. The molecular weight excluding hydrogens is 505 g/mol. The first-order chi connectivity index (χ1) is 18.7. The highest BCUT2D eigenvalue weighted by Crippen LogP contribution is 2.30. The Hall–Kier alpha value is -4.30. The third kappa shape index (κ3) is 5.20. The van der Waals surface area contributed by atoms with Gasteiger partial charge >= 0.3 is 5.69 Å². The summed E-state index contributed by atoms with van der Waals surface area (Å²) >= 11 is 0. The Morgan fingerprint density at radius 3 is 2.51 bits per heavy atom. The number of benzene rings is 2. The molecule has 11 heteroatoms. The van der Waals surface area contributed by atoms with E-state index in [1.54, 1.807) is 13.8 Å². The molecule has 1 saturated heterocycles. The standard InChI is InChI=1S/C28H28FN5O5/c1-15(2)34-24-10-21(29)22(9-19(24)27(37)33(28(34)38)12-17-3-4-17)31-26(36)20-13-39-14-23(20)32-25(35)18-7-5-16(11-30)6-8-18/h5-10,15,17,20,23H,3-4,12-14H2,1-2H3,(H,31,36)(H,32,35)/t20-,23+/m0/s1. The van der Waals surface area contributed by atoms with Crippen LogP contribution in [0, 0.1) is 29.0 Å². The van der Waals surface area contributed by atoms with Gasteiger partial charge in [0.05, 0.1) is 53.4 Å². The van der Waals surface area contributed by atoms with Crippen LogP contribution in [0.15, 0.2) is 46.0 Å². The third-order valence-electron chi connectivity index (χ3n) is 7.18. The summed E-state index contributed by atoms with van der Waals surface area (Å²) in [4.78, 5) is 52.2. The summed E-state index contributed by atoms with van der Waals surface area (Å²) in [6.07, 6.45) is 1.89. The van der Waals surface area contributed by atoms with Crippen molar-refractivity contribution in [3.63, 3.8) is 0 Å². The van der Waals surface area contributed by atoms with Crippen LogP contribution in [0.5, 0.6) is 0 Å². The number of aromatic nitrogens is 2. The molecule has 2 atom stereocenters. The first-order valence-electron chi connectivity index (χ1n) is 12.9. The predicted octanol–water partition coefficient (Wildman–Crippen LogP) is 2.55. The lowest BCUT2D eigenvalue weighted by Crippen LogP contribution is -2.44. The van der Waals surface area contributed by atoms with Gasteiger partial charge in [-0.15, -0.1) is 0 Å². The highest BCUT2D eigenvalue weighted by molar-refractivity contribution is 5.98. The van der Waals surface area contributed by atoms with Gasteiger partial charge in [-0.1, -0.05) is 0 Å². The molecule has 0 unspecified atom stereocenters. The number of nitrogens with zero attached hydrogens (tertiary/aromatic N) is 3. The minimum absolute atomic E-state index is 0.0143. The number of nitrogens with one attached hydrogen (secondary N) is 2. The summed E-state index contributed by atoms with van der Waals surface area (Å²) in [7, 11) is 0. The van der Waals surface area contributed by atoms with Gasteiger partial charge in [-0.2, -0.15) is 5.26 Å². The van der Waals surface area contributed by atoms with E-state index >= 15 is 4.39 Å². The van der Waals surface area contributed by atoms with Gasteiger partial charge in [0.15, 0.2) is 0 Å². The van der Waals surface area contributed by atoms with Crippen LogP contribution >= 0.6 is 0 Å². The van der Waals surface area contributed by atoms with E-state index in [0.29, 0.717) is 17.7 Å². The van der Waals surface area contributed by atoms with Crippen molar-refractivity contribution in [3.05, 3.63) is 74.2 Å². The normalized spacial score (nSPS) is 18.7. The van der Waals surface area contributed by atoms with Gasteiger partial charge in [0.2, 0.25) is 5.91 Å². The number of carbonyl (C=O) groups is 2. The minimum atomic E-state index is -0.807. The van der Waals surface area contributed by atoms with E-state index in [-0.39, 0.29) is 41.8 Å². The van der Waals surface area contributed by atoms with Gasteiger partial charge in [0.25, 0.3) is 11.5 Å². The molecule has 2 amide bonds. The Bertz CT molecular complexity index is 1620. The average molecular weight is 534 g/mol. The number of anilines is 1. The van der Waals surface area contributed by atoms with Crippen LogP contribution in [0.25, 0.3) is 10.9 Å². The molecule has 0 spiro atoms. The van der Waals surface area contributed by atoms with Gasteiger partial charge in [-0.3, -0.25) is 23.5 Å². The lowest BCUT2D eigenvalue weighted by molar-refractivity contribution is -0.120. The van der Waals surface area contributed by atoms with Crippen molar-refractivity contribution in [1.82, 2.24) is 14.5 Å².